The first-order chi connectivity index (χ1) is 13.6. The minimum absolute atomic E-state index is 0.120. The number of carbonyl (C=O) groups is 1. The zero-order valence-electron chi connectivity index (χ0n) is 15.1. The summed E-state index contributed by atoms with van der Waals surface area (Å²) in [4.78, 5) is 22.4. The normalized spacial score (nSPS) is 21.0. The van der Waals surface area contributed by atoms with E-state index in [4.69, 9.17) is 11.5 Å². The first-order valence-corrected chi connectivity index (χ1v) is 9.96. The molecule has 152 valence electrons. The van der Waals surface area contributed by atoms with E-state index in [1.165, 1.54) is 48.5 Å². The smallest absolute Gasteiger partial charge is 0.314 e. The second-order valence-electron chi connectivity index (χ2n) is 6.73. The number of carboxylic acid groups (broad SMARTS) is 1. The molecule has 0 saturated heterocycles. The summed E-state index contributed by atoms with van der Waals surface area (Å²) in [7, 11) is -4.04. The van der Waals surface area contributed by atoms with Crippen molar-refractivity contribution in [1.82, 2.24) is 0 Å². The fourth-order valence-electron chi connectivity index (χ4n) is 3.70. The molecule has 0 aliphatic heterocycles. The van der Waals surface area contributed by atoms with Gasteiger partial charge in [0.1, 0.15) is 0 Å². The number of non-ortho nitro benzene ring substituents is 1. The van der Waals surface area contributed by atoms with Crippen molar-refractivity contribution in [2.45, 2.75) is 29.1 Å². The molecule has 2 atom stereocenters. The molecule has 11 heteroatoms. The van der Waals surface area contributed by atoms with Crippen LogP contribution in [0, 0.1) is 10.1 Å². The molecule has 0 spiro atoms. The van der Waals surface area contributed by atoms with Crippen LogP contribution in [0.2, 0.25) is 0 Å². The maximum atomic E-state index is 12.2. The lowest BCUT2D eigenvalue weighted by molar-refractivity contribution is -0.384. The average molecular weight is 418 g/mol. The van der Waals surface area contributed by atoms with Crippen LogP contribution in [-0.4, -0.2) is 30.4 Å². The second-order valence-corrected chi connectivity index (χ2v) is 8.34. The van der Waals surface area contributed by atoms with Crippen LogP contribution in [-0.2, 0) is 20.2 Å². The van der Waals surface area contributed by atoms with Crippen LogP contribution >= 0.6 is 0 Å². The number of guanidine groups is 1. The number of rotatable bonds is 6. The van der Waals surface area contributed by atoms with Gasteiger partial charge in [0.15, 0.2) is 0 Å². The number of carboxylic acids is 1. The maximum absolute atomic E-state index is 12.2. The predicted molar refractivity (Wildman–Crippen MR) is 104 cm³/mol. The molecule has 1 aliphatic rings. The Kier molecular flexibility index (Phi) is 5.01. The molecule has 29 heavy (non-hydrogen) atoms. The monoisotopic (exact) mass is 418 g/mol. The number of hydrogen-bond acceptors (Lipinski definition) is 5. The van der Waals surface area contributed by atoms with Crippen molar-refractivity contribution in [3.05, 3.63) is 69.8 Å². The number of nitro groups is 1. The highest BCUT2D eigenvalue weighted by atomic mass is 32.2. The number of aliphatic carboxylic acids is 1. The van der Waals surface area contributed by atoms with E-state index < -0.39 is 38.2 Å². The van der Waals surface area contributed by atoms with Crippen LogP contribution in [0.25, 0.3) is 0 Å². The highest BCUT2D eigenvalue weighted by Crippen LogP contribution is 2.55. The molecular formula is C18H18N4O6S. The number of nitrogens with zero attached hydrogens (tertiary/aromatic N) is 2. The summed E-state index contributed by atoms with van der Waals surface area (Å²) in [5, 5.41) is 20.8. The van der Waals surface area contributed by atoms with Crippen molar-refractivity contribution in [3.63, 3.8) is 0 Å². The van der Waals surface area contributed by atoms with Gasteiger partial charge in [0, 0.05) is 18.1 Å². The van der Waals surface area contributed by atoms with E-state index in [9.17, 15) is 28.4 Å². The van der Waals surface area contributed by atoms with Crippen LogP contribution in [0.1, 0.15) is 29.9 Å². The summed E-state index contributed by atoms with van der Waals surface area (Å²) in [6.07, 6.45) is 0.933. The Labute approximate surface area is 166 Å². The molecule has 10 nitrogen and oxygen atoms in total. The van der Waals surface area contributed by atoms with Gasteiger partial charge >= 0.3 is 5.97 Å². The third-order valence-corrected chi connectivity index (χ3v) is 6.52. The van der Waals surface area contributed by atoms with Crippen molar-refractivity contribution in [1.29, 1.82) is 0 Å². The van der Waals surface area contributed by atoms with Gasteiger partial charge in [-0.1, -0.05) is 24.3 Å². The number of hydrogen-bond donors (Lipinski definition) is 3. The standard InChI is InChI=1S/C18H18N4O6S/c19-17(20)21-29(27,28)14-7-1-11(2-8-14)15-9-10-18(15,16(23)24)12-3-5-13(6-4-12)22(25)26/h1-8,15H,9-10H2,(H,23,24)(H4,19,20,21). The quantitative estimate of drug-likeness (QED) is 0.273. The predicted octanol–water partition coefficient (Wildman–Crippen LogP) is 1.46. The second kappa shape index (κ2) is 7.17. The first kappa shape index (κ1) is 20.3. The molecule has 0 amide bonds. The van der Waals surface area contributed by atoms with E-state index in [2.05, 4.69) is 4.40 Å². The van der Waals surface area contributed by atoms with Gasteiger partial charge in [0.05, 0.1) is 15.2 Å². The third kappa shape index (κ3) is 3.51. The van der Waals surface area contributed by atoms with Gasteiger partial charge in [0.25, 0.3) is 15.7 Å². The van der Waals surface area contributed by atoms with Crippen molar-refractivity contribution < 1.29 is 23.2 Å². The van der Waals surface area contributed by atoms with Gasteiger partial charge in [0.2, 0.25) is 5.96 Å². The summed E-state index contributed by atoms with van der Waals surface area (Å²) in [6.45, 7) is 0. The molecule has 1 saturated carbocycles. The molecule has 2 aromatic carbocycles. The topological polar surface area (TPSA) is 179 Å². The Hall–Kier alpha value is -3.47. The lowest BCUT2D eigenvalue weighted by atomic mass is 9.54. The molecule has 5 N–H and O–H groups in total. The molecule has 1 fully saturated rings. The Morgan fingerprint density at radius 1 is 1.14 bits per heavy atom. The Bertz CT molecular complexity index is 1090. The van der Waals surface area contributed by atoms with Crippen LogP contribution < -0.4 is 11.5 Å². The summed E-state index contributed by atoms with van der Waals surface area (Å²) in [6, 6.07) is 11.2. The molecule has 0 radical (unpaired) electrons. The van der Waals surface area contributed by atoms with Crippen LogP contribution in [0.5, 0.6) is 0 Å². The van der Waals surface area contributed by atoms with Crippen LogP contribution in [0.3, 0.4) is 0 Å². The average Bonchev–Trinajstić information content (AvgIpc) is 2.61. The minimum atomic E-state index is -4.04. The van der Waals surface area contributed by atoms with Crippen molar-refractivity contribution in [2.24, 2.45) is 15.9 Å². The molecular weight excluding hydrogens is 400 g/mol. The van der Waals surface area contributed by atoms with Gasteiger partial charge < -0.3 is 16.6 Å². The first-order valence-electron chi connectivity index (χ1n) is 8.52. The fourth-order valence-corrected chi connectivity index (χ4v) is 4.56. The fraction of sp³-hybridized carbons (Fsp3) is 0.222. The van der Waals surface area contributed by atoms with E-state index in [0.717, 1.165) is 0 Å². The number of benzene rings is 2. The summed E-state index contributed by atoms with van der Waals surface area (Å²) in [5.74, 6) is -2.04. The molecule has 2 aromatic rings. The molecule has 0 bridgehead atoms. The van der Waals surface area contributed by atoms with E-state index in [1.54, 1.807) is 0 Å². The van der Waals surface area contributed by atoms with Crippen molar-refractivity contribution >= 4 is 27.6 Å². The van der Waals surface area contributed by atoms with E-state index >= 15 is 0 Å². The van der Waals surface area contributed by atoms with Gasteiger partial charge in [-0.05, 0) is 36.1 Å². The number of sulfonamides is 1. The third-order valence-electron chi connectivity index (χ3n) is 5.20. The number of nitrogens with two attached hydrogens (primary N) is 2. The van der Waals surface area contributed by atoms with E-state index in [-0.39, 0.29) is 10.6 Å². The van der Waals surface area contributed by atoms with Crippen LogP contribution in [0.4, 0.5) is 5.69 Å². The van der Waals surface area contributed by atoms with Gasteiger partial charge in [-0.2, -0.15) is 8.42 Å². The molecule has 2 unspecified atom stereocenters. The Morgan fingerprint density at radius 2 is 1.72 bits per heavy atom. The van der Waals surface area contributed by atoms with E-state index in [1.807, 2.05) is 0 Å². The highest BCUT2D eigenvalue weighted by molar-refractivity contribution is 7.90. The lowest BCUT2D eigenvalue weighted by Gasteiger charge is -2.47. The Morgan fingerprint density at radius 3 is 2.14 bits per heavy atom. The summed E-state index contributed by atoms with van der Waals surface area (Å²) >= 11 is 0. The zero-order valence-corrected chi connectivity index (χ0v) is 15.9. The van der Waals surface area contributed by atoms with E-state index in [0.29, 0.717) is 24.0 Å². The maximum Gasteiger partial charge on any atom is 0.314 e. The largest absolute Gasteiger partial charge is 0.481 e. The van der Waals surface area contributed by atoms with Gasteiger partial charge in [-0.25, -0.2) is 0 Å². The minimum Gasteiger partial charge on any atom is -0.481 e. The number of nitro benzene ring substituents is 1. The van der Waals surface area contributed by atoms with Gasteiger partial charge in [-0.3, -0.25) is 14.9 Å². The van der Waals surface area contributed by atoms with Crippen molar-refractivity contribution in [2.75, 3.05) is 0 Å². The Balaban J connectivity index is 1.97. The van der Waals surface area contributed by atoms with Crippen molar-refractivity contribution in [3.8, 4) is 0 Å². The lowest BCUT2D eigenvalue weighted by Crippen LogP contribution is -2.49. The molecule has 0 aromatic heterocycles. The molecule has 1 aliphatic carbocycles. The summed E-state index contributed by atoms with van der Waals surface area (Å²) in [5.41, 5.74) is 9.99. The highest BCUT2D eigenvalue weighted by Gasteiger charge is 2.54. The summed E-state index contributed by atoms with van der Waals surface area (Å²) < 4.78 is 27.3. The molecule has 0 heterocycles. The van der Waals surface area contributed by atoms with Gasteiger partial charge in [-0.15, -0.1) is 4.40 Å². The molecule has 3 rings (SSSR count). The zero-order chi connectivity index (χ0) is 21.4. The SMILES string of the molecule is NC(N)=NS(=O)(=O)c1ccc(C2CCC2(C(=O)O)c2ccc([N+](=O)[O-])cc2)cc1. The van der Waals surface area contributed by atoms with Crippen LogP contribution in [0.15, 0.2) is 57.8 Å².